The van der Waals surface area contributed by atoms with Gasteiger partial charge in [-0.3, -0.25) is 19.2 Å². The number of aromatic hydroxyl groups is 1. The highest BCUT2D eigenvalue weighted by molar-refractivity contribution is 7.13. The molecule has 23 heteroatoms. The maximum absolute atomic E-state index is 17.0. The van der Waals surface area contributed by atoms with E-state index < -0.39 is 35.8 Å². The number of ether oxygens (including phenoxy) is 3. The molecular formula is C60H70ClFN10O10S. The summed E-state index contributed by atoms with van der Waals surface area (Å²) < 4.78 is 40.2. The number of carbonyl (C=O) groups excluding carboxylic acids is 4. The first-order valence-electron chi connectivity index (χ1n) is 27.8. The second-order valence-corrected chi connectivity index (χ2v) is 22.5. The van der Waals surface area contributed by atoms with Crippen LogP contribution in [0.4, 0.5) is 16.2 Å². The summed E-state index contributed by atoms with van der Waals surface area (Å²) in [5, 5.41) is 33.5. The first kappa shape index (κ1) is 60.3. The Morgan fingerprint density at radius 2 is 1.65 bits per heavy atom. The van der Waals surface area contributed by atoms with Gasteiger partial charge < -0.3 is 59.2 Å². The van der Waals surface area contributed by atoms with Gasteiger partial charge in [0.05, 0.1) is 78.6 Å². The van der Waals surface area contributed by atoms with Crippen LogP contribution in [0.3, 0.4) is 0 Å². The van der Waals surface area contributed by atoms with Gasteiger partial charge in [-0.1, -0.05) is 79.1 Å². The number of benzene rings is 4. The fourth-order valence-electron chi connectivity index (χ4n) is 10.6. The zero-order chi connectivity index (χ0) is 58.9. The number of aliphatic hydroxyl groups is 1. The number of phenolic OH excluding ortho intramolecular Hbond substituents is 1. The van der Waals surface area contributed by atoms with Crippen LogP contribution in [0.2, 0.25) is 5.02 Å². The molecule has 4 aromatic carbocycles. The number of rotatable bonds is 24. The fourth-order valence-corrected chi connectivity index (χ4v) is 11.7. The number of thiazole rings is 1. The number of anilines is 2. The molecule has 0 radical (unpaired) electrons. The van der Waals surface area contributed by atoms with Gasteiger partial charge in [0.25, 0.3) is 0 Å². The van der Waals surface area contributed by atoms with E-state index in [0.717, 1.165) is 21.7 Å². The Bertz CT molecular complexity index is 3430. The molecule has 83 heavy (non-hydrogen) atoms. The highest BCUT2D eigenvalue weighted by Crippen LogP contribution is 2.43. The summed E-state index contributed by atoms with van der Waals surface area (Å²) in [6.07, 6.45) is -0.732. The average molecular weight is 1180 g/mol. The minimum Gasteiger partial charge on any atom is -0.508 e. The van der Waals surface area contributed by atoms with Crippen LogP contribution in [0, 0.1) is 25.6 Å². The molecule has 4 N–H and O–H groups in total. The minimum atomic E-state index is -0.924. The number of hydrogen-bond donors (Lipinski definition) is 4. The van der Waals surface area contributed by atoms with Crippen molar-refractivity contribution in [3.63, 3.8) is 0 Å². The summed E-state index contributed by atoms with van der Waals surface area (Å²) in [5.41, 5.74) is 5.62. The number of nitrogens with zero attached hydrogens (tertiary/aromatic N) is 8. The minimum absolute atomic E-state index is 0.00584. The number of β-amino-alcohol motifs (C(OH)–C–C–N with tert-alkyl or cyclic N) is 1. The molecular weight excluding hydrogens is 1110 g/mol. The van der Waals surface area contributed by atoms with Gasteiger partial charge in [-0.05, 0) is 65.4 Å². The molecule has 0 spiro atoms. The number of carbonyl (C=O) groups is 4. The smallest absolute Gasteiger partial charge is 0.243 e. The van der Waals surface area contributed by atoms with Crippen molar-refractivity contribution >= 4 is 80.0 Å². The normalized spacial score (nSPS) is 16.2. The molecule has 3 aromatic heterocycles. The van der Waals surface area contributed by atoms with Crippen molar-refractivity contribution in [2.45, 2.75) is 71.6 Å². The van der Waals surface area contributed by atoms with E-state index in [2.05, 4.69) is 25.8 Å². The SMILES string of the molecule is CC(=O)N1CCN(c2nc(NCCC(=O)N(C)CCOCCOCCOC[C@H](NC(=O)C3CC(O)CN3C(=O)[C@H](c3cc(C)no3)C(C)C)c3ccc(-c4scnc4C)cc3)nc3c(F)c(-c4cc(O)cc5ccccc45)c(Cl)cc23)CC1. The molecule has 2 unspecified atom stereocenters. The van der Waals surface area contributed by atoms with Gasteiger partial charge in [-0.15, -0.1) is 11.3 Å². The summed E-state index contributed by atoms with van der Waals surface area (Å²) >= 11 is 8.44. The number of amides is 4. The number of aliphatic hydroxyl groups excluding tert-OH is 1. The van der Waals surface area contributed by atoms with Crippen LogP contribution in [-0.2, 0) is 33.4 Å². The zero-order valence-corrected chi connectivity index (χ0v) is 49.0. The van der Waals surface area contributed by atoms with Crippen LogP contribution in [0.1, 0.15) is 68.3 Å². The van der Waals surface area contributed by atoms with Crippen LogP contribution < -0.4 is 15.5 Å². The van der Waals surface area contributed by atoms with E-state index in [1.54, 1.807) is 58.8 Å². The average Bonchev–Trinajstić information content (AvgIpc) is 4.03. The number of halogens is 2. The van der Waals surface area contributed by atoms with Crippen molar-refractivity contribution < 1.29 is 52.5 Å². The Morgan fingerprint density at radius 1 is 0.928 bits per heavy atom. The molecule has 440 valence electrons. The van der Waals surface area contributed by atoms with Gasteiger partial charge >= 0.3 is 0 Å². The van der Waals surface area contributed by atoms with Gasteiger partial charge in [-0.2, -0.15) is 4.98 Å². The standard InChI is InChI=1S/C60H70ClFN10O10S/c1-35(2)52(50-27-36(3)68-82-50)59(78)72-32-43(75)30-49(72)58(77)65-48(39-11-13-40(14-12-39)56-37(4)64-34-83-56)33-81-26-25-80-24-23-79-22-21-69(6)51(76)15-16-63-60-66-55-46(57(67-60)71-19-17-70(18-20-71)38(5)73)31-47(61)53(54(55)62)45-29-42(74)28-41-9-7-8-10-44(41)45/h7-14,27-29,31,34-35,43,48-49,52,74-75H,15-26,30,32-33H2,1-6H3,(H,65,77)(H,63,66,67)/t43?,48-,49?,52-/m0/s1. The van der Waals surface area contributed by atoms with E-state index in [4.69, 9.17) is 35.3 Å². The van der Waals surface area contributed by atoms with Crippen molar-refractivity contribution in [2.75, 3.05) is 103 Å². The second-order valence-electron chi connectivity index (χ2n) is 21.3. The maximum Gasteiger partial charge on any atom is 0.243 e. The lowest BCUT2D eigenvalue weighted by atomic mass is 9.91. The van der Waals surface area contributed by atoms with Gasteiger partial charge in [0.1, 0.15) is 34.8 Å². The lowest BCUT2D eigenvalue weighted by Gasteiger charge is -2.35. The molecule has 2 saturated heterocycles. The Balaban J connectivity index is 0.750. The van der Waals surface area contributed by atoms with E-state index in [1.165, 1.54) is 17.9 Å². The Kier molecular flexibility index (Phi) is 19.9. The van der Waals surface area contributed by atoms with Crippen molar-refractivity contribution in [3.8, 4) is 27.3 Å². The summed E-state index contributed by atoms with van der Waals surface area (Å²) in [7, 11) is 1.68. The van der Waals surface area contributed by atoms with E-state index in [1.807, 2.05) is 74.2 Å². The summed E-state index contributed by atoms with van der Waals surface area (Å²) in [5.74, 6) is -1.58. The summed E-state index contributed by atoms with van der Waals surface area (Å²) in [6.45, 7) is 12.6. The number of likely N-dealkylation sites (tertiary alicyclic amines) is 1. The van der Waals surface area contributed by atoms with Crippen LogP contribution in [0.25, 0.3) is 43.2 Å². The predicted molar refractivity (Wildman–Crippen MR) is 315 cm³/mol. The summed E-state index contributed by atoms with van der Waals surface area (Å²) in [4.78, 5) is 75.3. The molecule has 0 bridgehead atoms. The quantitative estimate of drug-likeness (QED) is 0.0421. The topological polar surface area (TPSA) is 238 Å². The van der Waals surface area contributed by atoms with Gasteiger partial charge in [0.15, 0.2) is 5.82 Å². The molecule has 0 aliphatic carbocycles. The number of nitrogens with one attached hydrogen (secondary N) is 2. The molecule has 2 aliphatic rings. The highest BCUT2D eigenvalue weighted by Gasteiger charge is 2.44. The lowest BCUT2D eigenvalue weighted by Crippen LogP contribution is -2.49. The predicted octanol–water partition coefficient (Wildman–Crippen LogP) is 7.91. The summed E-state index contributed by atoms with van der Waals surface area (Å²) in [6, 6.07) is 20.0. The monoisotopic (exact) mass is 1180 g/mol. The van der Waals surface area contributed by atoms with Gasteiger partial charge in [-0.25, -0.2) is 14.4 Å². The molecule has 0 saturated carbocycles. The number of likely N-dealkylation sites (N-methyl/N-ethyl adjacent to an activating group) is 1. The number of aromatic nitrogens is 4. The maximum atomic E-state index is 17.0. The largest absolute Gasteiger partial charge is 0.508 e. The van der Waals surface area contributed by atoms with Crippen molar-refractivity contribution in [1.82, 2.24) is 40.1 Å². The lowest BCUT2D eigenvalue weighted by molar-refractivity contribution is -0.141. The second kappa shape index (κ2) is 27.4. The number of hydrogen-bond acceptors (Lipinski definition) is 17. The third-order valence-corrected chi connectivity index (χ3v) is 16.3. The van der Waals surface area contributed by atoms with Gasteiger partial charge in [0.2, 0.25) is 29.6 Å². The molecule has 5 heterocycles. The zero-order valence-electron chi connectivity index (χ0n) is 47.4. The Hall–Kier alpha value is -7.34. The van der Waals surface area contributed by atoms with E-state index in [-0.39, 0.29) is 117 Å². The van der Waals surface area contributed by atoms with E-state index in [9.17, 15) is 29.4 Å². The first-order valence-corrected chi connectivity index (χ1v) is 29.1. The van der Waals surface area contributed by atoms with Crippen molar-refractivity contribution in [2.24, 2.45) is 5.92 Å². The Labute approximate surface area is 489 Å². The number of fused-ring (bicyclic) bond motifs is 2. The number of aryl methyl sites for hydroxylation is 2. The molecule has 7 aromatic rings. The Morgan fingerprint density at radius 3 is 2.34 bits per heavy atom. The van der Waals surface area contributed by atoms with Crippen LogP contribution >= 0.6 is 22.9 Å². The van der Waals surface area contributed by atoms with Crippen molar-refractivity contribution in [3.05, 3.63) is 112 Å². The highest BCUT2D eigenvalue weighted by atomic mass is 35.5. The van der Waals surface area contributed by atoms with Gasteiger partial charge in [0, 0.05) is 89.6 Å². The van der Waals surface area contributed by atoms with E-state index >= 15 is 4.39 Å². The first-order chi connectivity index (χ1) is 39.9. The third-order valence-electron chi connectivity index (χ3n) is 15.0. The molecule has 9 rings (SSSR count). The molecule has 2 aliphatic heterocycles. The van der Waals surface area contributed by atoms with Crippen LogP contribution in [0.15, 0.2) is 82.8 Å². The van der Waals surface area contributed by atoms with Crippen LogP contribution in [0.5, 0.6) is 5.75 Å². The molecule has 4 amide bonds. The van der Waals surface area contributed by atoms with E-state index in [0.29, 0.717) is 71.7 Å². The molecule has 2 fully saturated rings. The molecule has 20 nitrogen and oxygen atoms in total. The van der Waals surface area contributed by atoms with Crippen LogP contribution in [-0.4, -0.2) is 173 Å². The number of phenols is 1. The molecule has 4 atom stereocenters. The van der Waals surface area contributed by atoms with Crippen molar-refractivity contribution in [1.29, 1.82) is 0 Å². The number of piperazine rings is 1. The third kappa shape index (κ3) is 14.4. The fraction of sp³-hybridized carbons (Fsp3) is 0.433.